The summed E-state index contributed by atoms with van der Waals surface area (Å²) in [6.45, 7) is 4.00. The van der Waals surface area contributed by atoms with E-state index in [1.165, 1.54) is 4.68 Å². The Kier molecular flexibility index (Phi) is 4.61. The van der Waals surface area contributed by atoms with Gasteiger partial charge in [-0.2, -0.15) is 9.78 Å². The largest absolute Gasteiger partial charge is 0.549 e. The number of hydrogen-bond acceptors (Lipinski definition) is 8. The Bertz CT molecular complexity index is 1000. The minimum Gasteiger partial charge on any atom is -0.549 e. The molecular formula is C18H17N4O4S-. The van der Waals surface area contributed by atoms with Crippen LogP contribution in [0.15, 0.2) is 43.6 Å². The van der Waals surface area contributed by atoms with Gasteiger partial charge >= 0.3 is 0 Å². The Morgan fingerprint density at radius 1 is 1.44 bits per heavy atom. The van der Waals surface area contributed by atoms with Crippen LogP contribution < -0.4 is 5.11 Å². The molecule has 1 aliphatic carbocycles. The highest BCUT2D eigenvalue weighted by Crippen LogP contribution is 2.47. The molecule has 27 heavy (non-hydrogen) atoms. The second kappa shape index (κ2) is 7.07. The van der Waals surface area contributed by atoms with Gasteiger partial charge in [-0.1, -0.05) is 18.7 Å². The molecule has 0 aromatic carbocycles. The lowest BCUT2D eigenvalue weighted by Crippen LogP contribution is -2.24. The zero-order valence-electron chi connectivity index (χ0n) is 14.8. The van der Waals surface area contributed by atoms with Crippen molar-refractivity contribution < 1.29 is 18.7 Å². The number of nitrogens with zero attached hydrogens (tertiary/aromatic N) is 4. The number of thioether (sulfide) groups is 1. The average Bonchev–Trinajstić information content (AvgIpc) is 3.03. The number of carbonyl (C=O) groups is 1. The van der Waals surface area contributed by atoms with E-state index < -0.39 is 5.97 Å². The zero-order chi connectivity index (χ0) is 19.0. The molecule has 0 unspecified atom stereocenters. The van der Waals surface area contributed by atoms with Gasteiger partial charge < -0.3 is 18.7 Å². The molecule has 0 radical (unpaired) electrons. The molecule has 140 valence electrons. The Labute approximate surface area is 159 Å². The van der Waals surface area contributed by atoms with E-state index in [4.69, 9.17) is 8.83 Å². The van der Waals surface area contributed by atoms with E-state index >= 15 is 0 Å². The summed E-state index contributed by atoms with van der Waals surface area (Å²) in [5.41, 5.74) is 0.729. The van der Waals surface area contributed by atoms with Crippen molar-refractivity contribution in [2.24, 2.45) is 11.0 Å². The van der Waals surface area contributed by atoms with E-state index in [9.17, 15) is 9.90 Å². The molecule has 0 spiro atoms. The smallest absolute Gasteiger partial charge is 0.212 e. The number of rotatable bonds is 7. The summed E-state index contributed by atoms with van der Waals surface area (Å²) in [7, 11) is 0. The number of hydrogen-bond donors (Lipinski definition) is 0. The van der Waals surface area contributed by atoms with Crippen LogP contribution in [0, 0.1) is 12.8 Å². The highest BCUT2D eigenvalue weighted by molar-refractivity contribution is 7.99. The average molecular weight is 385 g/mol. The van der Waals surface area contributed by atoms with Crippen molar-refractivity contribution in [3.8, 4) is 11.4 Å². The standard InChI is InChI=1S/C18H18N4O4S/c1-10-7-14(10)15-4-3-12(26-15)8-19-22-17(13-5-6-25-11(13)2)20-21-18(22)27-9-16(23)24/h3-6,8,10,14H,7,9H2,1-2H3,(H,23,24)/p-1/b19-8-/t10-,14-/m0/s1. The second-order valence-electron chi connectivity index (χ2n) is 6.47. The lowest BCUT2D eigenvalue weighted by molar-refractivity contribution is -0.301. The number of aliphatic carboxylic acids is 1. The van der Waals surface area contributed by atoms with E-state index in [-0.39, 0.29) is 5.75 Å². The van der Waals surface area contributed by atoms with Gasteiger partial charge in [0, 0.05) is 11.7 Å². The molecule has 0 saturated heterocycles. The summed E-state index contributed by atoms with van der Waals surface area (Å²) in [6, 6.07) is 5.59. The molecule has 3 aromatic heterocycles. The van der Waals surface area contributed by atoms with Crippen LogP contribution in [0.25, 0.3) is 11.4 Å². The number of aromatic nitrogens is 3. The predicted octanol–water partition coefficient (Wildman–Crippen LogP) is 2.29. The number of aryl methyl sites for hydroxylation is 1. The van der Waals surface area contributed by atoms with E-state index in [1.54, 1.807) is 18.5 Å². The van der Waals surface area contributed by atoms with Crippen LogP contribution in [-0.4, -0.2) is 32.8 Å². The lowest BCUT2D eigenvalue weighted by Gasteiger charge is -2.04. The summed E-state index contributed by atoms with van der Waals surface area (Å²) in [5.74, 6) is 2.41. The van der Waals surface area contributed by atoms with Gasteiger partial charge in [0.2, 0.25) is 5.16 Å². The van der Waals surface area contributed by atoms with Crippen molar-refractivity contribution in [3.05, 3.63) is 41.7 Å². The Balaban J connectivity index is 1.64. The van der Waals surface area contributed by atoms with E-state index in [2.05, 4.69) is 22.2 Å². The predicted molar refractivity (Wildman–Crippen MR) is 96.4 cm³/mol. The molecule has 0 bridgehead atoms. The summed E-state index contributed by atoms with van der Waals surface area (Å²) in [5, 5.41) is 23.7. The first-order chi connectivity index (χ1) is 13.0. The first kappa shape index (κ1) is 17.6. The SMILES string of the molecule is Cc1occc1-c1nnc(SCC(=O)[O-])n1/N=C\c1ccc([C@H]2C[C@@H]2C)o1. The molecule has 2 atom stereocenters. The highest BCUT2D eigenvalue weighted by Gasteiger charge is 2.36. The van der Waals surface area contributed by atoms with Crippen molar-refractivity contribution in [1.82, 2.24) is 14.9 Å². The molecule has 1 saturated carbocycles. The van der Waals surface area contributed by atoms with E-state index in [0.717, 1.165) is 29.5 Å². The first-order valence-electron chi connectivity index (χ1n) is 8.49. The topological polar surface area (TPSA) is 109 Å². The van der Waals surface area contributed by atoms with Crippen LogP contribution in [0.5, 0.6) is 0 Å². The van der Waals surface area contributed by atoms with E-state index in [0.29, 0.717) is 34.3 Å². The lowest BCUT2D eigenvalue weighted by atomic mass is 10.2. The van der Waals surface area contributed by atoms with Crippen molar-refractivity contribution in [2.45, 2.75) is 31.3 Å². The molecule has 4 rings (SSSR count). The fourth-order valence-electron chi connectivity index (χ4n) is 2.84. The van der Waals surface area contributed by atoms with Crippen LogP contribution in [0.3, 0.4) is 0 Å². The van der Waals surface area contributed by atoms with Crippen molar-refractivity contribution >= 4 is 23.9 Å². The third kappa shape index (κ3) is 3.68. The maximum atomic E-state index is 10.8. The maximum absolute atomic E-state index is 10.8. The minimum atomic E-state index is -1.19. The molecule has 3 heterocycles. The van der Waals surface area contributed by atoms with Gasteiger partial charge in [0.1, 0.15) is 17.3 Å². The van der Waals surface area contributed by atoms with Gasteiger partial charge in [-0.05, 0) is 37.5 Å². The second-order valence-corrected chi connectivity index (χ2v) is 7.42. The minimum absolute atomic E-state index is 0.248. The molecule has 3 aromatic rings. The number of carboxylic acids is 1. The monoisotopic (exact) mass is 385 g/mol. The molecular weight excluding hydrogens is 368 g/mol. The fourth-order valence-corrected chi connectivity index (χ4v) is 3.44. The van der Waals surface area contributed by atoms with Gasteiger partial charge in [0.15, 0.2) is 5.82 Å². The Morgan fingerprint density at radius 2 is 2.26 bits per heavy atom. The highest BCUT2D eigenvalue weighted by atomic mass is 32.2. The van der Waals surface area contributed by atoms with Gasteiger partial charge in [-0.3, -0.25) is 0 Å². The van der Waals surface area contributed by atoms with Crippen molar-refractivity contribution in [2.75, 3.05) is 5.75 Å². The van der Waals surface area contributed by atoms with Crippen molar-refractivity contribution in [1.29, 1.82) is 0 Å². The molecule has 9 heteroatoms. The molecule has 1 aliphatic rings. The molecule has 0 amide bonds. The van der Waals surface area contributed by atoms with Crippen LogP contribution in [0.1, 0.15) is 36.5 Å². The van der Waals surface area contributed by atoms with Gasteiger partial charge in [-0.15, -0.1) is 10.2 Å². The van der Waals surface area contributed by atoms with Gasteiger partial charge in [0.05, 0.1) is 24.0 Å². The van der Waals surface area contributed by atoms with Crippen LogP contribution in [0.2, 0.25) is 0 Å². The van der Waals surface area contributed by atoms with Crippen LogP contribution in [-0.2, 0) is 4.79 Å². The molecule has 8 nitrogen and oxygen atoms in total. The number of furan rings is 2. The zero-order valence-corrected chi connectivity index (χ0v) is 15.6. The van der Waals surface area contributed by atoms with Gasteiger partial charge in [0.25, 0.3) is 0 Å². The maximum Gasteiger partial charge on any atom is 0.212 e. The molecule has 0 aliphatic heterocycles. The van der Waals surface area contributed by atoms with Gasteiger partial charge in [-0.25, -0.2) is 0 Å². The quantitative estimate of drug-likeness (QED) is 0.453. The Hall–Kier alpha value is -2.81. The molecule has 1 fully saturated rings. The van der Waals surface area contributed by atoms with Crippen molar-refractivity contribution in [3.63, 3.8) is 0 Å². The van der Waals surface area contributed by atoms with Crippen LogP contribution >= 0.6 is 11.8 Å². The summed E-state index contributed by atoms with van der Waals surface area (Å²) in [4.78, 5) is 10.8. The summed E-state index contributed by atoms with van der Waals surface area (Å²) >= 11 is 0.987. The number of carboxylic acid groups (broad SMARTS) is 1. The number of carbonyl (C=O) groups excluding carboxylic acids is 1. The van der Waals surface area contributed by atoms with E-state index in [1.807, 2.05) is 19.1 Å². The fraction of sp³-hybridized carbons (Fsp3) is 0.333. The third-order valence-corrected chi connectivity index (χ3v) is 5.35. The van der Waals surface area contributed by atoms with Crippen LogP contribution in [0.4, 0.5) is 0 Å². The summed E-state index contributed by atoms with van der Waals surface area (Å²) in [6.07, 6.45) is 4.27. The molecule has 0 N–H and O–H groups in total. The normalized spacial score (nSPS) is 19.0. The third-order valence-electron chi connectivity index (χ3n) is 4.45. The summed E-state index contributed by atoms with van der Waals surface area (Å²) < 4.78 is 12.6. The first-order valence-corrected chi connectivity index (χ1v) is 9.48. The Morgan fingerprint density at radius 3 is 2.93 bits per heavy atom.